The van der Waals surface area contributed by atoms with Crippen molar-refractivity contribution in [2.24, 2.45) is 23.7 Å². The number of methoxy groups -OCH3 is 1. The lowest BCUT2D eigenvalue weighted by molar-refractivity contribution is -0.144. The molecule has 0 heterocycles. The Morgan fingerprint density at radius 3 is 2.20 bits per heavy atom. The van der Waals surface area contributed by atoms with E-state index in [0.29, 0.717) is 11.5 Å². The number of hydrogen-bond donors (Lipinski definition) is 1. The van der Waals surface area contributed by atoms with Crippen LogP contribution in [-0.2, 0) is 14.9 Å². The Labute approximate surface area is 150 Å². The van der Waals surface area contributed by atoms with Crippen molar-refractivity contribution in [3.05, 3.63) is 35.9 Å². The number of nitrogens with one attached hydrogen (secondary N) is 1. The molecule has 2 unspecified atom stereocenters. The zero-order valence-corrected chi connectivity index (χ0v) is 15.2. The minimum absolute atomic E-state index is 0.0592. The molecule has 6 rings (SSSR count). The molecular formula is C22H29NO2. The van der Waals surface area contributed by atoms with Crippen LogP contribution in [0, 0.1) is 23.7 Å². The predicted octanol–water partition coefficient (Wildman–Crippen LogP) is 3.68. The summed E-state index contributed by atoms with van der Waals surface area (Å²) in [6.07, 6.45) is 9.43. The van der Waals surface area contributed by atoms with Gasteiger partial charge in [-0.25, -0.2) is 0 Å². The third kappa shape index (κ3) is 2.46. The fourth-order valence-electron chi connectivity index (χ4n) is 6.88. The van der Waals surface area contributed by atoms with Crippen LogP contribution in [0.5, 0.6) is 0 Å². The minimum atomic E-state index is -0.411. The van der Waals surface area contributed by atoms with Crippen LogP contribution in [0.25, 0.3) is 0 Å². The van der Waals surface area contributed by atoms with Gasteiger partial charge in [0.1, 0.15) is 0 Å². The van der Waals surface area contributed by atoms with Gasteiger partial charge < -0.3 is 10.1 Å². The quantitative estimate of drug-likeness (QED) is 0.832. The second-order valence-electron chi connectivity index (χ2n) is 9.31. The van der Waals surface area contributed by atoms with Crippen molar-refractivity contribution in [1.82, 2.24) is 5.32 Å². The number of hydrogen-bond acceptors (Lipinski definition) is 3. The van der Waals surface area contributed by atoms with E-state index in [-0.39, 0.29) is 5.97 Å². The normalized spacial score (nSPS) is 43.9. The second-order valence-corrected chi connectivity index (χ2v) is 9.31. The molecule has 0 aliphatic heterocycles. The monoisotopic (exact) mass is 339 g/mol. The average Bonchev–Trinajstić information content (AvgIpc) is 3.35. The summed E-state index contributed by atoms with van der Waals surface area (Å²) in [5.41, 5.74) is 1.08. The van der Waals surface area contributed by atoms with Gasteiger partial charge in [0.15, 0.2) is 0 Å². The maximum atomic E-state index is 12.6. The van der Waals surface area contributed by atoms with Crippen LogP contribution in [0.4, 0.5) is 0 Å². The van der Waals surface area contributed by atoms with Crippen molar-refractivity contribution in [3.8, 4) is 0 Å². The number of carbonyl (C=O) groups excluding carboxylic acids is 1. The van der Waals surface area contributed by atoms with Crippen molar-refractivity contribution in [3.63, 3.8) is 0 Å². The summed E-state index contributed by atoms with van der Waals surface area (Å²) < 4.78 is 5.19. The Balaban J connectivity index is 1.31. The van der Waals surface area contributed by atoms with Gasteiger partial charge >= 0.3 is 5.97 Å². The van der Waals surface area contributed by atoms with Gasteiger partial charge in [-0.05, 0) is 80.7 Å². The summed E-state index contributed by atoms with van der Waals surface area (Å²) in [6.45, 7) is 0.955. The van der Waals surface area contributed by atoms with Crippen LogP contribution in [0.1, 0.15) is 50.5 Å². The summed E-state index contributed by atoms with van der Waals surface area (Å²) in [7, 11) is 1.52. The standard InChI is InChI=1S/C22H29NO2/c1-25-20(24)22(18-5-3-2-4-6-18)13-19(22)14-23-21-10-15-7-16(11-21)9-17(8-15)12-21/h2-6,15-17,19,23H,7-14H2,1H3. The first-order chi connectivity index (χ1) is 12.1. The Hall–Kier alpha value is -1.35. The van der Waals surface area contributed by atoms with E-state index in [9.17, 15) is 4.79 Å². The molecule has 5 fully saturated rings. The number of benzene rings is 1. The first-order valence-corrected chi connectivity index (χ1v) is 10.0. The SMILES string of the molecule is COC(=O)C1(c2ccccc2)CC1CNC12CC3CC(CC(C3)C1)C2. The van der Waals surface area contributed by atoms with Gasteiger partial charge in [0.2, 0.25) is 0 Å². The van der Waals surface area contributed by atoms with Crippen molar-refractivity contribution in [2.75, 3.05) is 13.7 Å². The van der Waals surface area contributed by atoms with Gasteiger partial charge in [0.25, 0.3) is 0 Å². The molecule has 2 atom stereocenters. The van der Waals surface area contributed by atoms with Crippen LogP contribution in [0.3, 0.4) is 0 Å². The molecule has 5 saturated carbocycles. The average molecular weight is 339 g/mol. The van der Waals surface area contributed by atoms with E-state index in [2.05, 4.69) is 17.4 Å². The van der Waals surface area contributed by atoms with Gasteiger partial charge in [0, 0.05) is 5.54 Å². The molecule has 3 heteroatoms. The highest BCUT2D eigenvalue weighted by molar-refractivity contribution is 5.87. The molecule has 4 bridgehead atoms. The van der Waals surface area contributed by atoms with Crippen molar-refractivity contribution < 1.29 is 9.53 Å². The highest BCUT2D eigenvalue weighted by Gasteiger charge is 2.62. The zero-order valence-electron chi connectivity index (χ0n) is 15.2. The Morgan fingerprint density at radius 1 is 1.04 bits per heavy atom. The van der Waals surface area contributed by atoms with E-state index < -0.39 is 5.41 Å². The smallest absolute Gasteiger partial charge is 0.316 e. The van der Waals surface area contributed by atoms with E-state index in [1.807, 2.05) is 18.2 Å². The van der Waals surface area contributed by atoms with Gasteiger partial charge in [-0.2, -0.15) is 0 Å². The van der Waals surface area contributed by atoms with E-state index >= 15 is 0 Å². The maximum absolute atomic E-state index is 12.6. The molecule has 0 spiro atoms. The number of rotatable bonds is 5. The van der Waals surface area contributed by atoms with E-state index in [4.69, 9.17) is 4.74 Å². The van der Waals surface area contributed by atoms with Crippen LogP contribution in [-0.4, -0.2) is 25.2 Å². The molecule has 0 radical (unpaired) electrons. The predicted molar refractivity (Wildman–Crippen MR) is 97.1 cm³/mol. The molecule has 25 heavy (non-hydrogen) atoms. The fourth-order valence-corrected chi connectivity index (χ4v) is 6.88. The molecule has 134 valence electrons. The maximum Gasteiger partial charge on any atom is 0.316 e. The number of ether oxygens (including phenoxy) is 1. The zero-order chi connectivity index (χ0) is 17.1. The van der Waals surface area contributed by atoms with Gasteiger partial charge in [-0.1, -0.05) is 30.3 Å². The third-order valence-corrected chi connectivity index (χ3v) is 7.71. The number of carbonyl (C=O) groups is 1. The highest BCUT2D eigenvalue weighted by atomic mass is 16.5. The summed E-state index contributed by atoms with van der Waals surface area (Å²) in [5.74, 6) is 3.18. The van der Waals surface area contributed by atoms with Crippen LogP contribution in [0.15, 0.2) is 30.3 Å². The van der Waals surface area contributed by atoms with Gasteiger partial charge in [-0.15, -0.1) is 0 Å². The summed E-state index contributed by atoms with van der Waals surface area (Å²) in [6, 6.07) is 10.2. The van der Waals surface area contributed by atoms with E-state index in [1.165, 1.54) is 45.6 Å². The molecule has 0 saturated heterocycles. The molecule has 5 aliphatic rings. The first-order valence-electron chi connectivity index (χ1n) is 10.0. The van der Waals surface area contributed by atoms with Crippen LogP contribution in [0.2, 0.25) is 0 Å². The molecule has 3 nitrogen and oxygen atoms in total. The lowest BCUT2D eigenvalue weighted by Gasteiger charge is -2.57. The van der Waals surface area contributed by atoms with Crippen LogP contribution < -0.4 is 5.32 Å². The van der Waals surface area contributed by atoms with Gasteiger partial charge in [0.05, 0.1) is 12.5 Å². The molecule has 5 aliphatic carbocycles. The third-order valence-electron chi connectivity index (χ3n) is 7.71. The Kier molecular flexibility index (Phi) is 3.54. The number of esters is 1. The molecule has 1 aromatic rings. The first kappa shape index (κ1) is 15.9. The van der Waals surface area contributed by atoms with Crippen molar-refractivity contribution >= 4 is 5.97 Å². The van der Waals surface area contributed by atoms with E-state index in [1.54, 1.807) is 0 Å². The molecule has 0 amide bonds. The fraction of sp³-hybridized carbons (Fsp3) is 0.682. The van der Waals surface area contributed by atoms with Crippen molar-refractivity contribution in [1.29, 1.82) is 0 Å². The Bertz CT molecular complexity index is 635. The molecule has 1 aromatic carbocycles. The lowest BCUT2D eigenvalue weighted by atomic mass is 9.53. The molecular weight excluding hydrogens is 310 g/mol. The van der Waals surface area contributed by atoms with Crippen LogP contribution >= 0.6 is 0 Å². The van der Waals surface area contributed by atoms with Gasteiger partial charge in [-0.3, -0.25) is 4.79 Å². The van der Waals surface area contributed by atoms with E-state index in [0.717, 1.165) is 36.3 Å². The topological polar surface area (TPSA) is 38.3 Å². The highest BCUT2D eigenvalue weighted by Crippen LogP contribution is 2.58. The second kappa shape index (κ2) is 5.57. The largest absolute Gasteiger partial charge is 0.468 e. The summed E-state index contributed by atoms with van der Waals surface area (Å²) >= 11 is 0. The summed E-state index contributed by atoms with van der Waals surface area (Å²) in [4.78, 5) is 12.6. The summed E-state index contributed by atoms with van der Waals surface area (Å²) in [5, 5.41) is 3.98. The van der Waals surface area contributed by atoms with Crippen molar-refractivity contribution in [2.45, 2.75) is 55.9 Å². The molecule has 0 aromatic heterocycles. The molecule has 1 N–H and O–H groups in total. The lowest BCUT2D eigenvalue weighted by Crippen LogP contribution is -2.58. The Morgan fingerprint density at radius 2 is 1.64 bits per heavy atom. The minimum Gasteiger partial charge on any atom is -0.468 e.